The van der Waals surface area contributed by atoms with Gasteiger partial charge < -0.3 is 14.9 Å². The molecule has 0 aliphatic carbocycles. The standard InChI is InChI=1S/C14H22N2OS.2ClH/c1-15-8-10-16(11-9-15)7-4-12-18-14-6-3-2-5-13(14)17;;/h2-3,5-6,17H,4,7-12H2,1H3;2*1H. The highest BCUT2D eigenvalue weighted by Gasteiger charge is 2.12. The molecule has 1 aliphatic rings. The van der Waals surface area contributed by atoms with Crippen LogP contribution in [-0.2, 0) is 0 Å². The van der Waals surface area contributed by atoms with Crippen molar-refractivity contribution < 1.29 is 5.11 Å². The molecule has 1 aliphatic heterocycles. The predicted molar refractivity (Wildman–Crippen MR) is 91.9 cm³/mol. The molecule has 3 nitrogen and oxygen atoms in total. The van der Waals surface area contributed by atoms with E-state index in [0.29, 0.717) is 5.75 Å². The number of para-hydroxylation sites is 1. The van der Waals surface area contributed by atoms with Gasteiger partial charge in [0.05, 0.1) is 0 Å². The van der Waals surface area contributed by atoms with Gasteiger partial charge in [-0.25, -0.2) is 0 Å². The zero-order valence-electron chi connectivity index (χ0n) is 11.8. The van der Waals surface area contributed by atoms with Crippen LogP contribution in [-0.4, -0.2) is 60.4 Å². The minimum Gasteiger partial charge on any atom is -0.507 e. The molecule has 0 aromatic heterocycles. The summed E-state index contributed by atoms with van der Waals surface area (Å²) in [6.07, 6.45) is 1.18. The third-order valence-electron chi connectivity index (χ3n) is 3.34. The maximum absolute atomic E-state index is 9.65. The molecule has 1 saturated heterocycles. The van der Waals surface area contributed by atoms with Crippen LogP contribution in [0.3, 0.4) is 0 Å². The normalized spacial score (nSPS) is 16.2. The summed E-state index contributed by atoms with van der Waals surface area (Å²) in [6.45, 7) is 5.93. The van der Waals surface area contributed by atoms with Crippen LogP contribution in [0.4, 0.5) is 0 Å². The molecule has 2 rings (SSSR count). The van der Waals surface area contributed by atoms with Crippen molar-refractivity contribution >= 4 is 36.6 Å². The highest BCUT2D eigenvalue weighted by Crippen LogP contribution is 2.27. The van der Waals surface area contributed by atoms with Crippen LogP contribution in [0, 0.1) is 0 Å². The Hall–Kier alpha value is -0.130. The number of hydrogen-bond donors (Lipinski definition) is 1. The molecule has 0 amide bonds. The van der Waals surface area contributed by atoms with Gasteiger partial charge in [-0.3, -0.25) is 0 Å². The number of rotatable bonds is 5. The molecule has 1 aromatic rings. The topological polar surface area (TPSA) is 26.7 Å². The molecule has 0 radical (unpaired) electrons. The second-order valence-corrected chi connectivity index (χ2v) is 5.95. The summed E-state index contributed by atoms with van der Waals surface area (Å²) in [5.74, 6) is 1.48. The van der Waals surface area contributed by atoms with Gasteiger partial charge in [-0.1, -0.05) is 12.1 Å². The van der Waals surface area contributed by atoms with Gasteiger partial charge in [0.1, 0.15) is 5.75 Å². The van der Waals surface area contributed by atoms with E-state index < -0.39 is 0 Å². The fourth-order valence-electron chi connectivity index (χ4n) is 2.12. The number of phenols is 1. The number of thioether (sulfide) groups is 1. The molecule has 0 spiro atoms. The largest absolute Gasteiger partial charge is 0.507 e. The number of hydrogen-bond acceptors (Lipinski definition) is 4. The number of halogens is 2. The number of piperazine rings is 1. The number of nitrogens with zero attached hydrogens (tertiary/aromatic N) is 2. The third kappa shape index (κ3) is 6.55. The van der Waals surface area contributed by atoms with Gasteiger partial charge in [0.25, 0.3) is 0 Å². The lowest BCUT2D eigenvalue weighted by Crippen LogP contribution is -2.44. The van der Waals surface area contributed by atoms with E-state index in [9.17, 15) is 5.11 Å². The quantitative estimate of drug-likeness (QED) is 0.659. The SMILES string of the molecule is CN1CCN(CCCSc2ccccc2O)CC1.Cl.Cl. The summed E-state index contributed by atoms with van der Waals surface area (Å²) in [5.41, 5.74) is 0. The summed E-state index contributed by atoms with van der Waals surface area (Å²) in [7, 11) is 2.19. The summed E-state index contributed by atoms with van der Waals surface area (Å²) in [6, 6.07) is 7.57. The third-order valence-corrected chi connectivity index (χ3v) is 4.49. The van der Waals surface area contributed by atoms with Crippen LogP contribution in [0.25, 0.3) is 0 Å². The summed E-state index contributed by atoms with van der Waals surface area (Å²) >= 11 is 1.75. The molecule has 0 saturated carbocycles. The Kier molecular flexibility index (Phi) is 10.5. The molecule has 1 N–H and O–H groups in total. The van der Waals surface area contributed by atoms with Crippen LogP contribution in [0.15, 0.2) is 29.2 Å². The lowest BCUT2D eigenvalue weighted by atomic mass is 10.3. The Morgan fingerprint density at radius 2 is 1.75 bits per heavy atom. The Morgan fingerprint density at radius 3 is 2.40 bits per heavy atom. The van der Waals surface area contributed by atoms with E-state index >= 15 is 0 Å². The van der Waals surface area contributed by atoms with Crippen LogP contribution < -0.4 is 0 Å². The van der Waals surface area contributed by atoms with E-state index in [1.54, 1.807) is 17.8 Å². The van der Waals surface area contributed by atoms with Crippen molar-refractivity contribution in [1.82, 2.24) is 9.80 Å². The number of benzene rings is 1. The Labute approximate surface area is 138 Å². The number of aromatic hydroxyl groups is 1. The van der Waals surface area contributed by atoms with Gasteiger partial charge in [-0.15, -0.1) is 36.6 Å². The van der Waals surface area contributed by atoms with Gasteiger partial charge in [0.2, 0.25) is 0 Å². The molecule has 0 unspecified atom stereocenters. The first kappa shape index (κ1) is 19.9. The van der Waals surface area contributed by atoms with Gasteiger partial charge in [-0.2, -0.15) is 0 Å². The lowest BCUT2D eigenvalue weighted by molar-refractivity contribution is 0.154. The maximum Gasteiger partial charge on any atom is 0.129 e. The van der Waals surface area contributed by atoms with E-state index in [4.69, 9.17) is 0 Å². The second-order valence-electron chi connectivity index (χ2n) is 4.81. The number of phenolic OH excluding ortho intramolecular Hbond substituents is 1. The summed E-state index contributed by atoms with van der Waals surface area (Å²) in [5, 5.41) is 9.65. The summed E-state index contributed by atoms with van der Waals surface area (Å²) < 4.78 is 0. The molecule has 6 heteroatoms. The first-order valence-corrected chi connectivity index (χ1v) is 7.56. The smallest absolute Gasteiger partial charge is 0.129 e. The van der Waals surface area contributed by atoms with Gasteiger partial charge in [-0.05, 0) is 37.9 Å². The van der Waals surface area contributed by atoms with E-state index in [1.165, 1.54) is 39.1 Å². The Bertz CT molecular complexity index is 374. The van der Waals surface area contributed by atoms with E-state index in [0.717, 1.165) is 10.6 Å². The van der Waals surface area contributed by atoms with Crippen molar-refractivity contribution in [3.05, 3.63) is 24.3 Å². The van der Waals surface area contributed by atoms with E-state index in [-0.39, 0.29) is 24.8 Å². The molecule has 0 bridgehead atoms. The van der Waals surface area contributed by atoms with Gasteiger partial charge in [0, 0.05) is 31.1 Å². The summed E-state index contributed by atoms with van der Waals surface area (Å²) in [4.78, 5) is 5.91. The van der Waals surface area contributed by atoms with Crippen LogP contribution >= 0.6 is 36.6 Å². The molecule has 116 valence electrons. The van der Waals surface area contributed by atoms with Crippen LogP contribution in [0.5, 0.6) is 5.75 Å². The molecule has 1 aromatic carbocycles. The monoisotopic (exact) mass is 338 g/mol. The van der Waals surface area contributed by atoms with E-state index in [1.807, 2.05) is 18.2 Å². The van der Waals surface area contributed by atoms with Crippen LogP contribution in [0.2, 0.25) is 0 Å². The predicted octanol–water partition coefficient (Wildman–Crippen LogP) is 2.97. The highest BCUT2D eigenvalue weighted by atomic mass is 35.5. The molecular formula is C14H24Cl2N2OS. The second kappa shape index (κ2) is 10.6. The Morgan fingerprint density at radius 1 is 1.10 bits per heavy atom. The highest BCUT2D eigenvalue weighted by molar-refractivity contribution is 7.99. The zero-order chi connectivity index (χ0) is 12.8. The molecule has 1 fully saturated rings. The van der Waals surface area contributed by atoms with Crippen molar-refractivity contribution in [2.75, 3.05) is 45.5 Å². The molecular weight excluding hydrogens is 315 g/mol. The lowest BCUT2D eigenvalue weighted by Gasteiger charge is -2.32. The van der Waals surface area contributed by atoms with E-state index in [2.05, 4.69) is 16.8 Å². The average Bonchev–Trinajstić information content (AvgIpc) is 2.39. The maximum atomic E-state index is 9.65. The fourth-order valence-corrected chi connectivity index (χ4v) is 3.01. The zero-order valence-corrected chi connectivity index (χ0v) is 14.3. The van der Waals surface area contributed by atoms with Crippen molar-refractivity contribution in [1.29, 1.82) is 0 Å². The molecule has 20 heavy (non-hydrogen) atoms. The minimum absolute atomic E-state index is 0. The van der Waals surface area contributed by atoms with Crippen molar-refractivity contribution in [2.45, 2.75) is 11.3 Å². The minimum atomic E-state index is 0. The van der Waals surface area contributed by atoms with Gasteiger partial charge in [0.15, 0.2) is 0 Å². The van der Waals surface area contributed by atoms with Crippen LogP contribution in [0.1, 0.15) is 6.42 Å². The van der Waals surface area contributed by atoms with Crippen molar-refractivity contribution in [2.24, 2.45) is 0 Å². The first-order chi connectivity index (χ1) is 8.75. The molecule has 1 heterocycles. The van der Waals surface area contributed by atoms with Gasteiger partial charge >= 0.3 is 0 Å². The fraction of sp³-hybridized carbons (Fsp3) is 0.571. The first-order valence-electron chi connectivity index (χ1n) is 6.57. The van der Waals surface area contributed by atoms with Crippen molar-refractivity contribution in [3.8, 4) is 5.75 Å². The molecule has 0 atom stereocenters. The Balaban J connectivity index is 0.00000180. The van der Waals surface area contributed by atoms with Crippen molar-refractivity contribution in [3.63, 3.8) is 0 Å². The average molecular weight is 339 g/mol. The number of likely N-dealkylation sites (N-methyl/N-ethyl adjacent to an activating group) is 1.